The van der Waals surface area contributed by atoms with Crippen molar-refractivity contribution < 1.29 is 4.79 Å². The quantitative estimate of drug-likeness (QED) is 0.589. The normalized spacial score (nSPS) is 14.4. The van der Waals surface area contributed by atoms with Crippen molar-refractivity contribution in [3.05, 3.63) is 66.0 Å². The Hall–Kier alpha value is -2.58. The van der Waals surface area contributed by atoms with Crippen LogP contribution in [0.3, 0.4) is 0 Å². The number of carbonyl (C=O) groups excluding carboxylic acids is 1. The van der Waals surface area contributed by atoms with E-state index in [0.29, 0.717) is 6.54 Å². The molecule has 156 valence electrons. The molecule has 0 atom stereocenters. The standard InChI is InChI=1S/C22H25N5OS2/c1-29-19-10-8-18(9-11-19)23-21(28)26-12-5-13-27(15-14-26)22-24-20(25-30-22)16-17-6-3-2-4-7-17/h2-4,6-11H,5,12-16H2,1H3,(H,23,28). The van der Waals surface area contributed by atoms with Crippen LogP contribution in [0.2, 0.25) is 0 Å². The van der Waals surface area contributed by atoms with Crippen LogP contribution in [0.15, 0.2) is 59.5 Å². The second-order valence-electron chi connectivity index (χ2n) is 7.14. The van der Waals surface area contributed by atoms with Crippen LogP contribution < -0.4 is 10.2 Å². The molecular weight excluding hydrogens is 414 g/mol. The summed E-state index contributed by atoms with van der Waals surface area (Å²) in [7, 11) is 0. The van der Waals surface area contributed by atoms with Crippen LogP contribution in [0, 0.1) is 0 Å². The molecule has 3 aromatic rings. The third-order valence-corrected chi connectivity index (χ3v) is 6.62. The lowest BCUT2D eigenvalue weighted by atomic mass is 10.1. The summed E-state index contributed by atoms with van der Waals surface area (Å²) < 4.78 is 4.54. The Morgan fingerprint density at radius 2 is 1.87 bits per heavy atom. The first-order chi connectivity index (χ1) is 14.7. The highest BCUT2D eigenvalue weighted by atomic mass is 32.2. The number of hydrogen-bond acceptors (Lipinski definition) is 6. The van der Waals surface area contributed by atoms with Gasteiger partial charge < -0.3 is 15.1 Å². The van der Waals surface area contributed by atoms with Gasteiger partial charge in [-0.1, -0.05) is 30.3 Å². The van der Waals surface area contributed by atoms with E-state index in [2.05, 4.69) is 26.7 Å². The summed E-state index contributed by atoms with van der Waals surface area (Å²) in [5, 5.41) is 3.95. The molecule has 0 bridgehead atoms. The SMILES string of the molecule is CSc1ccc(NC(=O)N2CCCN(c3nc(Cc4ccccc4)ns3)CC2)cc1. The summed E-state index contributed by atoms with van der Waals surface area (Å²) in [5.74, 6) is 0.855. The highest BCUT2D eigenvalue weighted by molar-refractivity contribution is 7.98. The van der Waals surface area contributed by atoms with Crippen LogP contribution >= 0.6 is 23.3 Å². The van der Waals surface area contributed by atoms with E-state index in [0.717, 1.165) is 49.1 Å². The van der Waals surface area contributed by atoms with Crippen molar-refractivity contribution in [2.75, 3.05) is 42.7 Å². The second-order valence-corrected chi connectivity index (χ2v) is 8.75. The zero-order valence-electron chi connectivity index (χ0n) is 17.0. The molecular formula is C22H25N5OS2. The van der Waals surface area contributed by atoms with Crippen LogP contribution in [-0.4, -0.2) is 52.7 Å². The van der Waals surface area contributed by atoms with E-state index in [1.807, 2.05) is 53.6 Å². The Balaban J connectivity index is 1.33. The lowest BCUT2D eigenvalue weighted by Gasteiger charge is -2.22. The number of nitrogens with one attached hydrogen (secondary N) is 1. The first kappa shape index (κ1) is 20.7. The van der Waals surface area contributed by atoms with E-state index in [1.165, 1.54) is 22.0 Å². The number of urea groups is 1. The van der Waals surface area contributed by atoms with Gasteiger partial charge >= 0.3 is 6.03 Å². The second kappa shape index (κ2) is 9.95. The summed E-state index contributed by atoms with van der Waals surface area (Å²) in [5.41, 5.74) is 2.04. The molecule has 0 aliphatic carbocycles. The Kier molecular flexibility index (Phi) is 6.86. The van der Waals surface area contributed by atoms with Gasteiger partial charge in [0.15, 0.2) is 0 Å². The fourth-order valence-corrected chi connectivity index (χ4v) is 4.56. The number of hydrogen-bond donors (Lipinski definition) is 1. The Labute approximate surface area is 185 Å². The average molecular weight is 440 g/mol. The highest BCUT2D eigenvalue weighted by Crippen LogP contribution is 2.21. The number of nitrogens with zero attached hydrogens (tertiary/aromatic N) is 4. The van der Waals surface area contributed by atoms with Crippen LogP contribution in [0.5, 0.6) is 0 Å². The van der Waals surface area contributed by atoms with E-state index < -0.39 is 0 Å². The summed E-state index contributed by atoms with van der Waals surface area (Å²) in [6.07, 6.45) is 3.70. The van der Waals surface area contributed by atoms with Crippen LogP contribution in [0.4, 0.5) is 15.6 Å². The van der Waals surface area contributed by atoms with E-state index in [1.54, 1.807) is 11.8 Å². The highest BCUT2D eigenvalue weighted by Gasteiger charge is 2.21. The monoisotopic (exact) mass is 439 g/mol. The minimum Gasteiger partial charge on any atom is -0.345 e. The maximum absolute atomic E-state index is 12.7. The molecule has 0 spiro atoms. The van der Waals surface area contributed by atoms with Crippen molar-refractivity contribution in [3.63, 3.8) is 0 Å². The zero-order valence-corrected chi connectivity index (χ0v) is 18.6. The van der Waals surface area contributed by atoms with Gasteiger partial charge in [-0.15, -0.1) is 11.8 Å². The molecule has 8 heteroatoms. The number of carbonyl (C=O) groups is 1. The molecule has 1 aliphatic heterocycles. The lowest BCUT2D eigenvalue weighted by Crippen LogP contribution is -2.38. The number of benzene rings is 2. The molecule has 6 nitrogen and oxygen atoms in total. The number of thioether (sulfide) groups is 1. The van der Waals surface area contributed by atoms with Gasteiger partial charge in [0.2, 0.25) is 5.13 Å². The maximum Gasteiger partial charge on any atom is 0.321 e. The van der Waals surface area contributed by atoms with Crippen molar-refractivity contribution in [1.82, 2.24) is 14.3 Å². The summed E-state index contributed by atoms with van der Waals surface area (Å²) in [6, 6.07) is 18.2. The van der Waals surface area contributed by atoms with Gasteiger partial charge in [-0.25, -0.2) is 9.78 Å². The molecule has 2 amide bonds. The summed E-state index contributed by atoms with van der Waals surface area (Å²) in [4.78, 5) is 22.7. The van der Waals surface area contributed by atoms with Gasteiger partial charge in [-0.3, -0.25) is 0 Å². The van der Waals surface area contributed by atoms with E-state index in [-0.39, 0.29) is 6.03 Å². The van der Waals surface area contributed by atoms with E-state index in [9.17, 15) is 4.79 Å². The first-order valence-corrected chi connectivity index (χ1v) is 12.0. The van der Waals surface area contributed by atoms with Gasteiger partial charge in [-0.05, 0) is 42.5 Å². The predicted octanol–water partition coefficient (Wildman–Crippen LogP) is 4.60. The molecule has 1 aromatic heterocycles. The van der Waals surface area contributed by atoms with Crippen molar-refractivity contribution in [2.45, 2.75) is 17.7 Å². The molecule has 2 heterocycles. The third-order valence-electron chi connectivity index (χ3n) is 5.06. The molecule has 30 heavy (non-hydrogen) atoms. The lowest BCUT2D eigenvalue weighted by molar-refractivity contribution is 0.215. The number of anilines is 2. The number of rotatable bonds is 5. The smallest absolute Gasteiger partial charge is 0.321 e. The van der Waals surface area contributed by atoms with Crippen LogP contribution in [-0.2, 0) is 6.42 Å². The average Bonchev–Trinajstić information content (AvgIpc) is 3.09. The van der Waals surface area contributed by atoms with Gasteiger partial charge in [0.25, 0.3) is 0 Å². The van der Waals surface area contributed by atoms with Gasteiger partial charge in [0.05, 0.1) is 0 Å². The van der Waals surface area contributed by atoms with Crippen LogP contribution in [0.1, 0.15) is 17.8 Å². The van der Waals surface area contributed by atoms with Crippen molar-refractivity contribution >= 4 is 40.1 Å². The predicted molar refractivity (Wildman–Crippen MR) is 125 cm³/mol. The Morgan fingerprint density at radius 3 is 2.63 bits per heavy atom. The van der Waals surface area contributed by atoms with Gasteiger partial charge in [0.1, 0.15) is 5.82 Å². The van der Waals surface area contributed by atoms with Crippen molar-refractivity contribution in [1.29, 1.82) is 0 Å². The molecule has 1 aliphatic rings. The first-order valence-electron chi connectivity index (χ1n) is 10.0. The molecule has 0 radical (unpaired) electrons. The molecule has 0 unspecified atom stereocenters. The zero-order chi connectivity index (χ0) is 20.8. The molecule has 1 saturated heterocycles. The maximum atomic E-state index is 12.7. The topological polar surface area (TPSA) is 61.4 Å². The van der Waals surface area contributed by atoms with Gasteiger partial charge in [0, 0.05) is 54.7 Å². The van der Waals surface area contributed by atoms with Crippen LogP contribution in [0.25, 0.3) is 0 Å². The summed E-state index contributed by atoms with van der Waals surface area (Å²) in [6.45, 7) is 3.05. The fraction of sp³-hybridized carbons (Fsp3) is 0.318. The Morgan fingerprint density at radius 1 is 1.07 bits per heavy atom. The minimum atomic E-state index is -0.0456. The van der Waals surface area contributed by atoms with E-state index >= 15 is 0 Å². The minimum absolute atomic E-state index is 0.0456. The number of amides is 2. The molecule has 4 rings (SSSR count). The van der Waals surface area contributed by atoms with Crippen molar-refractivity contribution in [2.24, 2.45) is 0 Å². The fourth-order valence-electron chi connectivity index (χ4n) is 3.41. The van der Waals surface area contributed by atoms with Crippen molar-refractivity contribution in [3.8, 4) is 0 Å². The molecule has 0 saturated carbocycles. The summed E-state index contributed by atoms with van der Waals surface area (Å²) >= 11 is 3.13. The molecule has 2 aromatic carbocycles. The number of aromatic nitrogens is 2. The van der Waals surface area contributed by atoms with E-state index in [4.69, 9.17) is 4.98 Å². The third kappa shape index (κ3) is 5.31. The molecule has 1 N–H and O–H groups in total. The molecule has 1 fully saturated rings. The largest absolute Gasteiger partial charge is 0.345 e. The van der Waals surface area contributed by atoms with Gasteiger partial charge in [-0.2, -0.15) is 4.37 Å². The Bertz CT molecular complexity index is 961.